The van der Waals surface area contributed by atoms with Gasteiger partial charge >= 0.3 is 0 Å². The minimum atomic E-state index is -4.89. The Balaban J connectivity index is 1.67. The smallest absolute Gasteiger partial charge is 0.295 e. The van der Waals surface area contributed by atoms with Crippen molar-refractivity contribution < 1.29 is 46.4 Å². The van der Waals surface area contributed by atoms with Crippen LogP contribution in [0.3, 0.4) is 0 Å². The maximum Gasteiger partial charge on any atom is 0.295 e. The summed E-state index contributed by atoms with van der Waals surface area (Å²) in [6.45, 7) is 1.96. The first kappa shape index (κ1) is 51.2. The average Bonchev–Trinajstić information content (AvgIpc) is 3.22. The molecule has 4 rings (SSSR count). The van der Waals surface area contributed by atoms with Crippen molar-refractivity contribution in [2.75, 3.05) is 138 Å². The van der Waals surface area contributed by atoms with Crippen LogP contribution in [-0.4, -0.2) is 193 Å². The highest BCUT2D eigenvalue weighted by Gasteiger charge is 2.20. The number of anilines is 8. The number of aliphatic hydroxyl groups is 4. The van der Waals surface area contributed by atoms with Crippen LogP contribution in [0.15, 0.2) is 46.2 Å². The topological polar surface area (TPSA) is 328 Å². The maximum absolute atomic E-state index is 12.7. The number of aliphatic hydroxyl groups excluding tert-OH is 4. The van der Waals surface area contributed by atoms with Crippen molar-refractivity contribution in [3.05, 3.63) is 47.5 Å². The van der Waals surface area contributed by atoms with Crippen LogP contribution in [0.4, 0.5) is 47.1 Å². The number of benzene rings is 2. The molecule has 0 aliphatic carbocycles. The molecule has 0 aliphatic rings. The molecule has 2 heterocycles. The van der Waals surface area contributed by atoms with E-state index in [0.29, 0.717) is 13.1 Å². The van der Waals surface area contributed by atoms with Crippen molar-refractivity contribution in [2.45, 2.75) is 22.6 Å². The first-order valence-electron chi connectivity index (χ1n) is 20.1. The summed E-state index contributed by atoms with van der Waals surface area (Å²) < 4.78 is 71.4. The zero-order valence-corrected chi connectivity index (χ0v) is 37.8. The Hall–Kier alpha value is -5.42. The molecular weight excluding hydrogens is 877 g/mol. The summed E-state index contributed by atoms with van der Waals surface area (Å²) in [6.07, 6.45) is 3.99. The van der Waals surface area contributed by atoms with Gasteiger partial charge in [0.15, 0.2) is 0 Å². The third-order valence-corrected chi connectivity index (χ3v) is 10.8. The molecule has 2 aromatic carbocycles. The molecule has 0 atom stereocenters. The van der Waals surface area contributed by atoms with Crippen molar-refractivity contribution in [3.8, 4) is 0 Å². The number of nitrogens with zero attached hydrogens (tertiary/aromatic N) is 10. The molecule has 24 nitrogen and oxygen atoms in total. The lowest BCUT2D eigenvalue weighted by Crippen LogP contribution is -2.32. The van der Waals surface area contributed by atoms with Crippen LogP contribution in [0, 0.1) is 0 Å². The van der Waals surface area contributed by atoms with Gasteiger partial charge in [0.1, 0.15) is 9.79 Å². The summed E-state index contributed by atoms with van der Waals surface area (Å²) in [5.41, 5.74) is 0.169. The van der Waals surface area contributed by atoms with Crippen molar-refractivity contribution in [1.82, 2.24) is 39.7 Å². The van der Waals surface area contributed by atoms with Gasteiger partial charge < -0.3 is 61.3 Å². The van der Waals surface area contributed by atoms with E-state index in [1.54, 1.807) is 9.80 Å². The summed E-state index contributed by atoms with van der Waals surface area (Å²) in [5.74, 6) is 0.540. The zero-order chi connectivity index (χ0) is 46.9. The normalized spacial score (nSPS) is 12.0. The molecule has 0 amide bonds. The van der Waals surface area contributed by atoms with E-state index < -0.39 is 30.0 Å². The fourth-order valence-electron chi connectivity index (χ4n) is 5.96. The second-order valence-electron chi connectivity index (χ2n) is 14.6. The van der Waals surface area contributed by atoms with Crippen LogP contribution in [0.2, 0.25) is 0 Å². The van der Waals surface area contributed by atoms with E-state index in [1.807, 2.05) is 38.0 Å². The molecular formula is C38H58N14O10S2. The van der Waals surface area contributed by atoms with Gasteiger partial charge in [-0.15, -0.1) is 0 Å². The Morgan fingerprint density at radius 1 is 0.516 bits per heavy atom. The van der Waals surface area contributed by atoms with Crippen LogP contribution in [0.25, 0.3) is 12.2 Å². The highest BCUT2D eigenvalue weighted by Crippen LogP contribution is 2.29. The number of aromatic nitrogens is 6. The van der Waals surface area contributed by atoms with Crippen molar-refractivity contribution in [2.24, 2.45) is 0 Å². The average molecular weight is 935 g/mol. The molecule has 0 radical (unpaired) electrons. The highest BCUT2D eigenvalue weighted by atomic mass is 32.2. The van der Waals surface area contributed by atoms with E-state index in [0.717, 1.165) is 38.1 Å². The van der Waals surface area contributed by atoms with Crippen LogP contribution in [0.5, 0.6) is 0 Å². The van der Waals surface area contributed by atoms with Gasteiger partial charge in [0, 0.05) is 50.6 Å². The minimum Gasteiger partial charge on any atom is -0.395 e. The maximum atomic E-state index is 12.7. The first-order valence-corrected chi connectivity index (χ1v) is 23.0. The molecule has 2 aromatic heterocycles. The van der Waals surface area contributed by atoms with E-state index in [4.69, 9.17) is 0 Å². The Bertz CT molecular complexity index is 2200. The monoisotopic (exact) mass is 934 g/mol. The predicted octanol–water partition coefficient (Wildman–Crippen LogP) is 0.517. The van der Waals surface area contributed by atoms with Gasteiger partial charge in [-0.1, -0.05) is 24.3 Å². The molecule has 0 spiro atoms. The molecule has 10 N–H and O–H groups in total. The molecule has 64 heavy (non-hydrogen) atoms. The third kappa shape index (κ3) is 16.3. The fraction of sp³-hybridized carbons (Fsp3) is 0.474. The van der Waals surface area contributed by atoms with E-state index in [-0.39, 0.29) is 111 Å². The standard InChI is InChI=1S/C38H58N14O10S2/c1-49(2)15-5-13-39-33-43-35(47-37(45-33)51(17-21-53)18-22-54)41-29-11-9-27(31(25-29)63(57,58)59)7-8-28-10-12-30(26-32(28)64(60,61)62)42-36-44-34(40-14-6-16-50(3)4)46-38(48-36)52(19-23-55)20-24-56/h7-12,25-26,53-56H,5-6,13-24H2,1-4H3,(H,57,58,59)(H,60,61,62)(H2,39,41,43,45,47)(H2,40,42,44,46,48)/b8-7+. The second-order valence-corrected chi connectivity index (χ2v) is 17.4. The molecule has 0 fully saturated rings. The van der Waals surface area contributed by atoms with E-state index in [9.17, 15) is 46.4 Å². The van der Waals surface area contributed by atoms with Gasteiger partial charge in [-0.25, -0.2) is 0 Å². The Kier molecular flexibility index (Phi) is 19.7. The molecule has 4 aromatic rings. The van der Waals surface area contributed by atoms with Gasteiger partial charge in [0.25, 0.3) is 20.2 Å². The molecule has 0 saturated heterocycles. The number of hydrogen-bond acceptors (Lipinski definition) is 22. The predicted molar refractivity (Wildman–Crippen MR) is 244 cm³/mol. The largest absolute Gasteiger partial charge is 0.395 e. The molecule has 0 aliphatic heterocycles. The van der Waals surface area contributed by atoms with Crippen molar-refractivity contribution in [1.29, 1.82) is 0 Å². The Labute approximate surface area is 372 Å². The van der Waals surface area contributed by atoms with Gasteiger partial charge in [-0.05, 0) is 89.5 Å². The van der Waals surface area contributed by atoms with Gasteiger partial charge in [-0.2, -0.15) is 46.7 Å². The number of hydrogen-bond donors (Lipinski definition) is 10. The molecule has 0 unspecified atom stereocenters. The number of nitrogens with one attached hydrogen (secondary N) is 4. The van der Waals surface area contributed by atoms with Gasteiger partial charge in [0.2, 0.25) is 35.7 Å². The molecule has 0 saturated carbocycles. The van der Waals surface area contributed by atoms with Crippen LogP contribution >= 0.6 is 0 Å². The molecule has 0 bridgehead atoms. The first-order chi connectivity index (χ1) is 30.4. The van der Waals surface area contributed by atoms with E-state index in [2.05, 4.69) is 51.2 Å². The minimum absolute atomic E-state index is 0.0226. The molecule has 352 valence electrons. The summed E-state index contributed by atoms with van der Waals surface area (Å²) in [5, 5.41) is 50.5. The van der Waals surface area contributed by atoms with Gasteiger partial charge in [0.05, 0.1) is 26.4 Å². The molecule has 26 heteroatoms. The van der Waals surface area contributed by atoms with Crippen LogP contribution in [0.1, 0.15) is 24.0 Å². The van der Waals surface area contributed by atoms with E-state index >= 15 is 0 Å². The quantitative estimate of drug-likeness (QED) is 0.0211. The summed E-state index contributed by atoms with van der Waals surface area (Å²) in [6, 6.07) is 7.87. The zero-order valence-electron chi connectivity index (χ0n) is 36.1. The Morgan fingerprint density at radius 3 is 1.17 bits per heavy atom. The Morgan fingerprint density at radius 2 is 0.859 bits per heavy atom. The summed E-state index contributed by atoms with van der Waals surface area (Å²) in [7, 11) is -2.02. The van der Waals surface area contributed by atoms with Gasteiger partial charge in [-0.3, -0.25) is 9.11 Å². The fourth-order valence-corrected chi connectivity index (χ4v) is 7.38. The summed E-state index contributed by atoms with van der Waals surface area (Å²) >= 11 is 0. The summed E-state index contributed by atoms with van der Waals surface area (Å²) in [4.78, 5) is 32.4. The lowest BCUT2D eigenvalue weighted by atomic mass is 10.1. The van der Waals surface area contributed by atoms with Crippen LogP contribution in [-0.2, 0) is 20.2 Å². The lowest BCUT2D eigenvalue weighted by molar-refractivity contribution is 0.279. The highest BCUT2D eigenvalue weighted by molar-refractivity contribution is 7.86. The SMILES string of the molecule is CN(C)CCCNc1nc(Nc2ccc(/C=C/c3ccc(Nc4nc(NCCCN(C)C)nc(N(CCO)CCO)n4)cc3S(=O)(=O)O)c(S(=O)(=O)O)c2)nc(N(CCO)CCO)n1. The van der Waals surface area contributed by atoms with Crippen molar-refractivity contribution >= 4 is 79.5 Å². The number of rotatable bonds is 28. The lowest BCUT2D eigenvalue weighted by Gasteiger charge is -2.21. The third-order valence-electron chi connectivity index (χ3n) is 8.96. The van der Waals surface area contributed by atoms with Crippen LogP contribution < -0.4 is 31.1 Å². The second kappa shape index (κ2) is 24.6. The van der Waals surface area contributed by atoms with Crippen molar-refractivity contribution in [3.63, 3.8) is 0 Å². The van der Waals surface area contributed by atoms with E-state index in [1.165, 1.54) is 36.4 Å².